The highest BCUT2D eigenvalue weighted by atomic mass is 35.5. The van der Waals surface area contributed by atoms with Gasteiger partial charge in [0, 0.05) is 27.7 Å². The number of benzene rings is 1. The van der Waals surface area contributed by atoms with Crippen molar-refractivity contribution in [1.82, 2.24) is 0 Å². The monoisotopic (exact) mass is 271 g/mol. The van der Waals surface area contributed by atoms with Crippen molar-refractivity contribution in [1.29, 1.82) is 0 Å². The summed E-state index contributed by atoms with van der Waals surface area (Å²) in [4.78, 5) is 11.3. The molecule has 1 aliphatic rings. The maximum absolute atomic E-state index is 10.7. The van der Waals surface area contributed by atoms with E-state index < -0.39 is 0 Å². The molecule has 0 amide bonds. The molecule has 1 fully saturated rings. The minimum Gasteiger partial charge on any atom is -0.258 e. The lowest BCUT2D eigenvalue weighted by Crippen LogP contribution is -2.21. The van der Waals surface area contributed by atoms with Crippen LogP contribution in [0.2, 0.25) is 0 Å². The van der Waals surface area contributed by atoms with E-state index in [1.165, 1.54) is 18.9 Å². The molecule has 1 aliphatic carbocycles. The summed E-state index contributed by atoms with van der Waals surface area (Å²) in [5, 5.41) is 11.2. The van der Waals surface area contributed by atoms with Crippen molar-refractivity contribution in [3.8, 4) is 0 Å². The molecule has 1 saturated carbocycles. The van der Waals surface area contributed by atoms with Crippen LogP contribution in [0.1, 0.15) is 25.7 Å². The third-order valence-corrected chi connectivity index (χ3v) is 5.00. The Bertz CT molecular complexity index is 413. The summed E-state index contributed by atoms with van der Waals surface area (Å²) >= 11 is 7.95. The molecule has 0 saturated heterocycles. The fourth-order valence-electron chi connectivity index (χ4n) is 2.03. The molecule has 0 radical (unpaired) electrons. The summed E-state index contributed by atoms with van der Waals surface area (Å²) < 4.78 is 0. The van der Waals surface area contributed by atoms with E-state index in [4.69, 9.17) is 11.6 Å². The number of non-ortho nitro benzene ring substituents is 1. The Morgan fingerprint density at radius 1 is 1.35 bits per heavy atom. The number of alkyl halides is 1. The molecule has 0 N–H and O–H groups in total. The lowest BCUT2D eigenvalue weighted by atomic mass is 10.00. The van der Waals surface area contributed by atoms with Gasteiger partial charge in [-0.3, -0.25) is 10.1 Å². The number of nitrogens with zero attached hydrogens (tertiary/aromatic N) is 1. The maximum Gasteiger partial charge on any atom is 0.270 e. The minimum atomic E-state index is -0.358. The van der Waals surface area contributed by atoms with Gasteiger partial charge in [-0.25, -0.2) is 0 Å². The second kappa shape index (κ2) is 5.74. The van der Waals surface area contributed by atoms with Crippen LogP contribution in [0.4, 0.5) is 5.69 Å². The summed E-state index contributed by atoms with van der Waals surface area (Å²) in [6.07, 6.45) is 4.55. The number of nitro groups is 1. The summed E-state index contributed by atoms with van der Waals surface area (Å²) in [5.41, 5.74) is 0.150. The first-order chi connectivity index (χ1) is 8.16. The Hall–Kier alpha value is -0.740. The Balaban J connectivity index is 2.07. The number of halogens is 1. The Labute approximate surface area is 110 Å². The second-order valence-corrected chi connectivity index (χ2v) is 6.08. The van der Waals surface area contributed by atoms with Crippen LogP contribution in [-0.2, 0) is 0 Å². The van der Waals surface area contributed by atoms with E-state index in [0.29, 0.717) is 5.25 Å². The number of hydrogen-bond donors (Lipinski definition) is 0. The summed E-state index contributed by atoms with van der Waals surface area (Å²) in [5.74, 6) is 0. The first-order valence-electron chi connectivity index (χ1n) is 5.72. The fourth-order valence-corrected chi connectivity index (χ4v) is 3.73. The standard InChI is InChI=1S/C12H14ClNO2S/c13-11-6-1-2-7-12(11)17-10-5-3-4-9(8-10)14(15)16/h3-5,8,11-12H,1-2,6-7H2/t11-,12-/m1/s1. The molecule has 0 bridgehead atoms. The predicted molar refractivity (Wildman–Crippen MR) is 70.9 cm³/mol. The molecule has 5 heteroatoms. The van der Waals surface area contributed by atoms with Gasteiger partial charge in [0.25, 0.3) is 5.69 Å². The first kappa shape index (κ1) is 12.7. The van der Waals surface area contributed by atoms with Gasteiger partial charge in [0.1, 0.15) is 0 Å². The van der Waals surface area contributed by atoms with E-state index in [-0.39, 0.29) is 16.0 Å². The average Bonchev–Trinajstić information content (AvgIpc) is 2.32. The third kappa shape index (κ3) is 3.36. The van der Waals surface area contributed by atoms with E-state index in [2.05, 4.69) is 0 Å². The SMILES string of the molecule is O=[N+]([O-])c1cccc(S[C@@H]2CCCC[C@H]2Cl)c1. The zero-order chi connectivity index (χ0) is 12.3. The predicted octanol–water partition coefficient (Wildman–Crippen LogP) is 4.24. The van der Waals surface area contributed by atoms with E-state index in [1.807, 2.05) is 6.07 Å². The highest BCUT2D eigenvalue weighted by Gasteiger charge is 2.24. The van der Waals surface area contributed by atoms with Gasteiger partial charge >= 0.3 is 0 Å². The largest absolute Gasteiger partial charge is 0.270 e. The van der Waals surface area contributed by atoms with Gasteiger partial charge in [-0.15, -0.1) is 23.4 Å². The highest BCUT2D eigenvalue weighted by molar-refractivity contribution is 8.00. The van der Waals surface area contributed by atoms with Gasteiger partial charge in [0.05, 0.1) is 4.92 Å². The second-order valence-electron chi connectivity index (χ2n) is 4.21. The van der Waals surface area contributed by atoms with Crippen LogP contribution in [-0.4, -0.2) is 15.6 Å². The number of hydrogen-bond acceptors (Lipinski definition) is 3. The highest BCUT2D eigenvalue weighted by Crippen LogP contribution is 2.37. The normalized spacial score (nSPS) is 24.5. The third-order valence-electron chi connectivity index (χ3n) is 2.94. The van der Waals surface area contributed by atoms with Crippen LogP contribution in [0.3, 0.4) is 0 Å². The van der Waals surface area contributed by atoms with Crippen molar-refractivity contribution in [3.63, 3.8) is 0 Å². The van der Waals surface area contributed by atoms with E-state index in [0.717, 1.165) is 17.7 Å². The Morgan fingerprint density at radius 2 is 2.12 bits per heavy atom. The van der Waals surface area contributed by atoms with Crippen LogP contribution in [0.5, 0.6) is 0 Å². The molecule has 1 aromatic rings. The molecule has 0 spiro atoms. The number of nitro benzene ring substituents is 1. The maximum atomic E-state index is 10.7. The topological polar surface area (TPSA) is 43.1 Å². The molecule has 92 valence electrons. The van der Waals surface area contributed by atoms with Crippen molar-refractivity contribution >= 4 is 29.1 Å². The summed E-state index contributed by atoms with van der Waals surface area (Å²) in [6.45, 7) is 0. The van der Waals surface area contributed by atoms with Gasteiger partial charge in [0.15, 0.2) is 0 Å². The van der Waals surface area contributed by atoms with Crippen LogP contribution in [0.25, 0.3) is 0 Å². The van der Waals surface area contributed by atoms with E-state index in [9.17, 15) is 10.1 Å². The van der Waals surface area contributed by atoms with Crippen molar-refractivity contribution in [2.24, 2.45) is 0 Å². The summed E-state index contributed by atoms with van der Waals surface area (Å²) in [7, 11) is 0. The quantitative estimate of drug-likeness (QED) is 0.469. The number of thioether (sulfide) groups is 1. The number of rotatable bonds is 3. The molecule has 0 heterocycles. The van der Waals surface area contributed by atoms with Crippen molar-refractivity contribution in [2.75, 3.05) is 0 Å². The average molecular weight is 272 g/mol. The van der Waals surface area contributed by atoms with E-state index in [1.54, 1.807) is 23.9 Å². The van der Waals surface area contributed by atoms with Gasteiger partial charge in [-0.1, -0.05) is 18.9 Å². The van der Waals surface area contributed by atoms with Crippen LogP contribution in [0.15, 0.2) is 29.2 Å². The fraction of sp³-hybridized carbons (Fsp3) is 0.500. The van der Waals surface area contributed by atoms with Gasteiger partial charge in [-0.05, 0) is 18.9 Å². The molecule has 0 aromatic heterocycles. The molecular formula is C12H14ClNO2S. The van der Waals surface area contributed by atoms with Crippen LogP contribution in [0, 0.1) is 10.1 Å². The molecule has 0 unspecified atom stereocenters. The smallest absolute Gasteiger partial charge is 0.258 e. The van der Waals surface area contributed by atoms with Gasteiger partial charge in [-0.2, -0.15) is 0 Å². The molecule has 1 aromatic carbocycles. The van der Waals surface area contributed by atoms with Crippen molar-refractivity contribution in [3.05, 3.63) is 34.4 Å². The van der Waals surface area contributed by atoms with Gasteiger partial charge < -0.3 is 0 Å². The van der Waals surface area contributed by atoms with Gasteiger partial charge in [0.2, 0.25) is 0 Å². The molecular weight excluding hydrogens is 258 g/mol. The van der Waals surface area contributed by atoms with Crippen molar-refractivity contribution < 1.29 is 4.92 Å². The molecule has 2 atom stereocenters. The zero-order valence-electron chi connectivity index (χ0n) is 9.34. The molecule has 0 aliphatic heterocycles. The Morgan fingerprint density at radius 3 is 2.82 bits per heavy atom. The lowest BCUT2D eigenvalue weighted by Gasteiger charge is -2.26. The molecule has 17 heavy (non-hydrogen) atoms. The molecule has 2 rings (SSSR count). The van der Waals surface area contributed by atoms with Crippen LogP contribution < -0.4 is 0 Å². The van der Waals surface area contributed by atoms with E-state index >= 15 is 0 Å². The minimum absolute atomic E-state index is 0.150. The first-order valence-corrected chi connectivity index (χ1v) is 7.03. The molecule has 3 nitrogen and oxygen atoms in total. The Kier molecular flexibility index (Phi) is 4.29. The zero-order valence-corrected chi connectivity index (χ0v) is 10.9. The lowest BCUT2D eigenvalue weighted by molar-refractivity contribution is -0.385. The van der Waals surface area contributed by atoms with Crippen LogP contribution >= 0.6 is 23.4 Å². The summed E-state index contributed by atoms with van der Waals surface area (Å²) in [6, 6.07) is 6.79. The van der Waals surface area contributed by atoms with Crippen molar-refractivity contribution in [2.45, 2.75) is 41.2 Å².